The lowest BCUT2D eigenvalue weighted by Gasteiger charge is -2.28. The Morgan fingerprint density at radius 1 is 1.19 bits per heavy atom. The molecular formula is C19H26N2O5. The molecule has 7 nitrogen and oxygen atoms in total. The summed E-state index contributed by atoms with van der Waals surface area (Å²) in [5, 5.41) is 27.5. The predicted octanol–water partition coefficient (Wildman–Crippen LogP) is 2.70. The third-order valence-corrected chi connectivity index (χ3v) is 3.97. The van der Waals surface area contributed by atoms with Crippen molar-refractivity contribution in [3.05, 3.63) is 48.0 Å². The van der Waals surface area contributed by atoms with E-state index in [1.54, 1.807) is 0 Å². The molecule has 1 atom stereocenters. The molecular weight excluding hydrogens is 336 g/mol. The van der Waals surface area contributed by atoms with Crippen LogP contribution in [0.2, 0.25) is 0 Å². The van der Waals surface area contributed by atoms with Gasteiger partial charge in [0.05, 0.1) is 5.71 Å². The topological polar surface area (TPSA) is 110 Å². The molecule has 1 heterocycles. The Labute approximate surface area is 153 Å². The number of nitrogens with zero attached hydrogens (tertiary/aromatic N) is 2. The molecule has 0 saturated carbocycles. The summed E-state index contributed by atoms with van der Waals surface area (Å²) in [7, 11) is 0. The van der Waals surface area contributed by atoms with Gasteiger partial charge in [0.1, 0.15) is 0 Å². The maximum absolute atomic E-state index is 9.20. The van der Waals surface area contributed by atoms with Crippen LogP contribution in [0, 0.1) is 5.92 Å². The summed E-state index contributed by atoms with van der Waals surface area (Å²) in [5.41, 5.74) is 1.80. The number of carboxylic acid groups (broad SMARTS) is 2. The molecule has 1 aliphatic heterocycles. The van der Waals surface area contributed by atoms with E-state index in [0.717, 1.165) is 37.2 Å². The van der Waals surface area contributed by atoms with E-state index in [-0.39, 0.29) is 0 Å². The lowest BCUT2D eigenvalue weighted by Crippen LogP contribution is -2.33. The van der Waals surface area contributed by atoms with Crippen molar-refractivity contribution in [2.24, 2.45) is 11.1 Å². The van der Waals surface area contributed by atoms with Gasteiger partial charge in [-0.2, -0.15) is 0 Å². The van der Waals surface area contributed by atoms with Crippen LogP contribution in [0.15, 0.2) is 47.6 Å². The third-order valence-electron chi connectivity index (χ3n) is 3.97. The number of oxime groups is 1. The fraction of sp³-hybridized carbons (Fsp3) is 0.421. The molecule has 1 unspecified atom stereocenters. The minimum Gasteiger partial charge on any atom is -0.473 e. The van der Waals surface area contributed by atoms with Gasteiger partial charge in [0.15, 0.2) is 0 Å². The lowest BCUT2D eigenvalue weighted by atomic mass is 9.95. The van der Waals surface area contributed by atoms with Gasteiger partial charge in [-0.05, 0) is 37.3 Å². The van der Waals surface area contributed by atoms with Gasteiger partial charge in [0.25, 0.3) is 0 Å². The second-order valence-corrected chi connectivity index (χ2v) is 6.01. The molecule has 0 radical (unpaired) electrons. The van der Waals surface area contributed by atoms with Crippen molar-refractivity contribution >= 4 is 17.7 Å². The van der Waals surface area contributed by atoms with Crippen LogP contribution in [0.3, 0.4) is 0 Å². The molecule has 1 aliphatic rings. The summed E-state index contributed by atoms with van der Waals surface area (Å²) in [6.45, 7) is 5.58. The molecule has 2 rings (SSSR count). The quantitative estimate of drug-likeness (QED) is 0.236. The van der Waals surface area contributed by atoms with Crippen molar-refractivity contribution in [1.29, 1.82) is 0 Å². The number of hydrogen-bond donors (Lipinski definition) is 3. The van der Waals surface area contributed by atoms with Gasteiger partial charge in [-0.3, -0.25) is 4.90 Å². The van der Waals surface area contributed by atoms with Crippen molar-refractivity contribution in [2.45, 2.75) is 26.2 Å². The van der Waals surface area contributed by atoms with Crippen molar-refractivity contribution in [1.82, 2.24) is 4.90 Å². The van der Waals surface area contributed by atoms with Crippen LogP contribution >= 0.6 is 0 Å². The Kier molecular flexibility index (Phi) is 9.71. The molecule has 26 heavy (non-hydrogen) atoms. The second-order valence-electron chi connectivity index (χ2n) is 6.01. The van der Waals surface area contributed by atoms with Gasteiger partial charge in [0.2, 0.25) is 0 Å². The molecule has 0 amide bonds. The Bertz CT molecular complexity index is 616. The van der Waals surface area contributed by atoms with Crippen LogP contribution in [0.4, 0.5) is 0 Å². The molecule has 0 bridgehead atoms. The van der Waals surface area contributed by atoms with Crippen LogP contribution in [0.5, 0.6) is 0 Å². The second kappa shape index (κ2) is 11.8. The maximum Gasteiger partial charge on any atom is 0.414 e. The molecule has 7 heteroatoms. The van der Waals surface area contributed by atoms with Crippen molar-refractivity contribution < 1.29 is 25.0 Å². The normalized spacial score (nSPS) is 17.3. The highest BCUT2D eigenvalue weighted by molar-refractivity contribution is 6.27. The van der Waals surface area contributed by atoms with Gasteiger partial charge < -0.3 is 15.4 Å². The molecule has 0 spiro atoms. The smallest absolute Gasteiger partial charge is 0.414 e. The Morgan fingerprint density at radius 2 is 1.85 bits per heavy atom. The fourth-order valence-corrected chi connectivity index (χ4v) is 2.76. The zero-order valence-corrected chi connectivity index (χ0v) is 14.9. The van der Waals surface area contributed by atoms with E-state index in [1.807, 2.05) is 30.3 Å². The first-order valence-electron chi connectivity index (χ1n) is 8.59. The SMILES string of the molecule is CCCN1CC=CC(CCC(=NO)c2ccccc2)C1.O=C(O)C(=O)O. The van der Waals surface area contributed by atoms with E-state index in [1.165, 1.54) is 13.0 Å². The minimum atomic E-state index is -1.82. The van der Waals surface area contributed by atoms with E-state index < -0.39 is 11.9 Å². The van der Waals surface area contributed by atoms with E-state index in [4.69, 9.17) is 19.8 Å². The van der Waals surface area contributed by atoms with Crippen LogP contribution in [0.25, 0.3) is 0 Å². The molecule has 1 aromatic rings. The summed E-state index contributed by atoms with van der Waals surface area (Å²) in [6, 6.07) is 9.92. The fourth-order valence-electron chi connectivity index (χ4n) is 2.76. The number of benzene rings is 1. The number of carbonyl (C=O) groups is 2. The Morgan fingerprint density at radius 3 is 2.38 bits per heavy atom. The van der Waals surface area contributed by atoms with Crippen LogP contribution in [-0.4, -0.2) is 57.6 Å². The van der Waals surface area contributed by atoms with Crippen molar-refractivity contribution in [3.63, 3.8) is 0 Å². The van der Waals surface area contributed by atoms with Gasteiger partial charge in [-0.15, -0.1) is 0 Å². The van der Waals surface area contributed by atoms with Crippen LogP contribution in [0.1, 0.15) is 31.7 Å². The lowest BCUT2D eigenvalue weighted by molar-refractivity contribution is -0.159. The van der Waals surface area contributed by atoms with Crippen LogP contribution in [-0.2, 0) is 9.59 Å². The Balaban J connectivity index is 0.000000487. The van der Waals surface area contributed by atoms with E-state index in [0.29, 0.717) is 5.92 Å². The van der Waals surface area contributed by atoms with E-state index in [9.17, 15) is 5.21 Å². The zero-order valence-electron chi connectivity index (χ0n) is 14.9. The monoisotopic (exact) mass is 362 g/mol. The average molecular weight is 362 g/mol. The summed E-state index contributed by atoms with van der Waals surface area (Å²) in [4.78, 5) is 20.7. The summed E-state index contributed by atoms with van der Waals surface area (Å²) in [6.07, 6.45) is 7.63. The standard InChI is InChI=1S/C17H24N2O.C2H2O4/c1-2-12-19-13-6-7-15(14-19)10-11-17(18-20)16-8-4-3-5-9-16;3-1(4)2(5)6/h3-9,15,20H,2,10-14H2,1H3;(H,3,4)(H,5,6). The molecule has 0 saturated heterocycles. The highest BCUT2D eigenvalue weighted by Gasteiger charge is 2.16. The molecule has 0 fully saturated rings. The highest BCUT2D eigenvalue weighted by Crippen LogP contribution is 2.17. The first-order valence-corrected chi connectivity index (χ1v) is 8.59. The molecule has 142 valence electrons. The average Bonchev–Trinajstić information content (AvgIpc) is 2.64. The van der Waals surface area contributed by atoms with Gasteiger partial charge >= 0.3 is 11.9 Å². The first-order chi connectivity index (χ1) is 12.5. The molecule has 0 aliphatic carbocycles. The number of hydrogen-bond acceptors (Lipinski definition) is 5. The highest BCUT2D eigenvalue weighted by atomic mass is 16.4. The molecule has 1 aromatic carbocycles. The third kappa shape index (κ3) is 7.94. The first kappa shape index (κ1) is 21.4. The van der Waals surface area contributed by atoms with Gasteiger partial charge in [-0.25, -0.2) is 9.59 Å². The van der Waals surface area contributed by atoms with Gasteiger partial charge in [0, 0.05) is 13.1 Å². The van der Waals surface area contributed by atoms with Crippen molar-refractivity contribution in [3.8, 4) is 0 Å². The molecule has 0 aromatic heterocycles. The summed E-state index contributed by atoms with van der Waals surface area (Å²) >= 11 is 0. The minimum absolute atomic E-state index is 0.566. The maximum atomic E-state index is 9.20. The number of aliphatic carboxylic acids is 2. The van der Waals surface area contributed by atoms with E-state index >= 15 is 0 Å². The number of rotatable bonds is 6. The predicted molar refractivity (Wildman–Crippen MR) is 98.6 cm³/mol. The number of carboxylic acids is 2. The van der Waals surface area contributed by atoms with Crippen molar-refractivity contribution in [2.75, 3.05) is 19.6 Å². The largest absolute Gasteiger partial charge is 0.473 e. The van der Waals surface area contributed by atoms with Crippen LogP contribution < -0.4 is 0 Å². The Hall–Kier alpha value is -2.67. The van der Waals surface area contributed by atoms with E-state index in [2.05, 4.69) is 29.1 Å². The van der Waals surface area contributed by atoms with Gasteiger partial charge in [-0.1, -0.05) is 54.6 Å². The summed E-state index contributed by atoms with van der Waals surface area (Å²) in [5.74, 6) is -3.08. The zero-order chi connectivity index (χ0) is 19.4. The summed E-state index contributed by atoms with van der Waals surface area (Å²) < 4.78 is 0. The molecule has 3 N–H and O–H groups in total.